The number of carbonyl (C=O) groups excluding carboxylic acids is 2. The minimum atomic E-state index is -1.40. The van der Waals surface area contributed by atoms with Gasteiger partial charge in [-0.1, -0.05) is 72.8 Å². The van der Waals surface area contributed by atoms with Crippen molar-refractivity contribution < 1.29 is 288 Å². The first-order chi connectivity index (χ1) is 48.5. The summed E-state index contributed by atoms with van der Waals surface area (Å²) in [6.07, 6.45) is 14.8. The number of hydrogen-bond donors (Lipinski definition) is 7. The molecule has 0 saturated carbocycles. The van der Waals surface area contributed by atoms with E-state index in [1.165, 1.54) is 27.5 Å². The number of ketones is 1. The van der Waals surface area contributed by atoms with Crippen molar-refractivity contribution in [2.24, 2.45) is 0 Å². The Morgan fingerprint density at radius 2 is 0.701 bits per heavy atom. The van der Waals surface area contributed by atoms with Crippen LogP contribution in [0.15, 0.2) is 250 Å². The molecule has 6 heterocycles. The van der Waals surface area contributed by atoms with Gasteiger partial charge >= 0.3 is 41.5 Å². The molecule has 0 atom stereocenters. The average Bonchev–Trinajstić information content (AvgIpc) is 0.803. The Bertz CT molecular complexity index is 5290. The van der Waals surface area contributed by atoms with Crippen molar-refractivity contribution in [3.8, 4) is 5.69 Å². The summed E-state index contributed by atoms with van der Waals surface area (Å²) in [6, 6.07) is 66.3. The largest absolute Gasteiger partial charge is 0.481 e. The van der Waals surface area contributed by atoms with Crippen molar-refractivity contribution in [2.45, 2.75) is 80.6 Å². The quantitative estimate of drug-likeness (QED) is 0.0166. The zero-order valence-corrected chi connectivity index (χ0v) is 77.2. The van der Waals surface area contributed by atoms with Crippen LogP contribution >= 0.6 is 0 Å². The van der Waals surface area contributed by atoms with Gasteiger partial charge in [-0.3, -0.25) is 19.6 Å². The second-order valence-corrected chi connectivity index (χ2v) is 23.6. The zero-order chi connectivity index (χ0) is 72.7. The Labute approximate surface area is 770 Å². The number of aromatic carboxylic acids is 1. The fourth-order valence-electron chi connectivity index (χ4n) is 11.3. The molecule has 0 spiro atoms. The van der Waals surface area contributed by atoms with Gasteiger partial charge in [0, 0.05) is 320 Å². The van der Waals surface area contributed by atoms with Crippen LogP contribution in [-0.4, -0.2) is 72.3 Å². The first-order valence-corrected chi connectivity index (χ1v) is 32.2. The molecule has 26 heteroatoms. The third-order valence-electron chi connectivity index (χ3n) is 16.6. The van der Waals surface area contributed by atoms with Crippen LogP contribution in [0.5, 0.6) is 0 Å². The number of aromatic nitrogens is 6. The van der Waals surface area contributed by atoms with Crippen LogP contribution < -0.4 is 32.9 Å². The number of carbonyl (C=O) groups is 7. The van der Waals surface area contributed by atoms with Gasteiger partial charge in [-0.2, -0.15) is 27.4 Å². The Morgan fingerprint density at radius 1 is 0.364 bits per heavy atom. The van der Waals surface area contributed by atoms with Crippen LogP contribution in [0.2, 0.25) is 0 Å². The molecule has 1 amide bonds. The summed E-state index contributed by atoms with van der Waals surface area (Å²) in [6.45, 7) is 12.9. The van der Waals surface area contributed by atoms with Gasteiger partial charge in [-0.25, -0.2) is 24.7 Å². The van der Waals surface area contributed by atoms with E-state index >= 15 is 0 Å². The number of carboxylic acid groups (broad SMARTS) is 5. The molecule has 20 nitrogen and oxygen atoms in total. The molecule has 6 aromatic heterocycles. The van der Waals surface area contributed by atoms with E-state index in [9.17, 15) is 33.6 Å². The van der Waals surface area contributed by atoms with Gasteiger partial charge in [0.1, 0.15) is 6.54 Å². The molecule has 0 saturated heterocycles. The van der Waals surface area contributed by atoms with E-state index in [4.69, 9.17) is 30.7 Å². The van der Waals surface area contributed by atoms with Gasteiger partial charge in [-0.15, -0.1) is 0 Å². The molecule has 107 heavy (non-hydrogen) atoms. The second kappa shape index (κ2) is 48.5. The summed E-state index contributed by atoms with van der Waals surface area (Å²) in [5.74, 6) is -6.06. The number of amides is 1. The molecule has 0 aliphatic heterocycles. The maximum atomic E-state index is 11.2. The summed E-state index contributed by atoms with van der Waals surface area (Å²) in [5.41, 5.74) is 16.0. The number of aryl methyl sites for hydroxylation is 7. The molecule has 0 unspecified atom stereocenters. The number of fused-ring (bicyclic) bond motifs is 6. The third-order valence-corrected chi connectivity index (χ3v) is 16.6. The number of pyridine rings is 6. The molecule has 0 bridgehead atoms. The smallest absolute Gasteiger partial charge is 0.379 e. The van der Waals surface area contributed by atoms with Gasteiger partial charge in [-0.05, 0) is 123 Å². The molecule has 13 aromatic rings. The van der Waals surface area contributed by atoms with Crippen LogP contribution in [0.25, 0.3) is 77.3 Å². The number of hydrogen-bond acceptors (Lipinski definition) is 8. The standard InChI is InChI=1S/C17H13NO2.C14H15NO2.C13H11NO3.C13H11NO2.C12H12N2O2.C12H11NO2.6Y/c1-12-10-11-18(16-5-3-2-4-15(12)16)14-8-6-13(7-9-14)17(19)20;1-11-8-10-15(9-4-7-14(16)17)13-6-3-2-5-12(11)13;1-9-6-7-14(8-12(15)13(16)17)11-5-3-2-4-10(9)11;1-10-6-8-14(9-7-13(15)16)12-5-3-2-4-11(10)12;1-9-6-7-14(8-12(15)13-16)11-5-3-2-4-10(9)11;1-9-6-7-13(8-12(14)15)11-5-3-2-4-10(9)11;;;;;;/h2-11H,1H3;2-3,5-6,8,10H,4,7,9H2,1H3;2-7H,8H2,1H3;2-9H,1H3;2-7H,8H2,1H3,(H-,13,15,16);2-7H,8H2,1H3;;;;;;/p+6/b;;;9-7+;;;;;;;;. The van der Waals surface area contributed by atoms with Gasteiger partial charge in [0.05, 0.1) is 18.1 Å². The van der Waals surface area contributed by atoms with Crippen LogP contribution in [0.3, 0.4) is 0 Å². The number of Topliss-reactive ketones (excluding diaryl/α,β-unsaturated/α-hetero) is 1. The summed E-state index contributed by atoms with van der Waals surface area (Å²) >= 11 is 0. The number of para-hydroxylation sites is 6. The van der Waals surface area contributed by atoms with Crippen LogP contribution in [0.4, 0.5) is 0 Å². The molecule has 0 aliphatic carbocycles. The number of nitrogens with one attached hydrogen (secondary N) is 1. The number of benzene rings is 7. The average molecular weight is 1890 g/mol. The van der Waals surface area contributed by atoms with Crippen LogP contribution in [-0.2, 0) is 251 Å². The van der Waals surface area contributed by atoms with E-state index in [0.717, 1.165) is 89.6 Å². The van der Waals surface area contributed by atoms with Crippen LogP contribution in [0, 0.1) is 41.5 Å². The van der Waals surface area contributed by atoms with Gasteiger partial charge in [0.25, 0.3) is 0 Å². The van der Waals surface area contributed by atoms with Crippen molar-refractivity contribution in [3.05, 3.63) is 288 Å². The number of aliphatic carboxylic acids is 4. The summed E-state index contributed by atoms with van der Waals surface area (Å²) in [5, 5.41) is 58.9. The molecule has 0 aliphatic rings. The van der Waals surface area contributed by atoms with Gasteiger partial charge in [0.15, 0.2) is 43.4 Å². The van der Waals surface area contributed by atoms with Crippen molar-refractivity contribution in [3.63, 3.8) is 0 Å². The first-order valence-electron chi connectivity index (χ1n) is 32.2. The van der Waals surface area contributed by atoms with Gasteiger partial charge < -0.3 is 25.5 Å². The van der Waals surface area contributed by atoms with Gasteiger partial charge in [0.2, 0.25) is 58.4 Å². The molecule has 6 radical (unpaired) electrons. The van der Waals surface area contributed by atoms with Crippen molar-refractivity contribution >= 4 is 113 Å². The minimum Gasteiger partial charge on any atom is -0.481 e. The topological polar surface area (TPSA) is 276 Å². The minimum absolute atomic E-state index is 0. The van der Waals surface area contributed by atoms with E-state index in [1.807, 2.05) is 216 Å². The zero-order valence-electron chi connectivity index (χ0n) is 60.2. The fraction of sp³-hybridized carbons (Fsp3) is 0.148. The fourth-order valence-corrected chi connectivity index (χ4v) is 11.3. The molecule has 7 aromatic carbocycles. The number of rotatable bonds is 15. The second-order valence-electron chi connectivity index (χ2n) is 23.6. The molecule has 528 valence electrons. The van der Waals surface area contributed by atoms with Crippen molar-refractivity contribution in [1.29, 1.82) is 0 Å². The molecular weight excluding hydrogens is 1810 g/mol. The summed E-state index contributed by atoms with van der Waals surface area (Å²) in [4.78, 5) is 75.4. The Hall–Kier alpha value is -6.19. The third kappa shape index (κ3) is 28.0. The summed E-state index contributed by atoms with van der Waals surface area (Å²) < 4.78 is 11.2. The van der Waals surface area contributed by atoms with E-state index in [-0.39, 0.29) is 222 Å². The predicted octanol–water partition coefficient (Wildman–Crippen LogP) is 11.0. The Morgan fingerprint density at radius 3 is 1.08 bits per heavy atom. The number of carboxylic acids is 5. The maximum absolute atomic E-state index is 11.2. The van der Waals surface area contributed by atoms with E-state index in [1.54, 1.807) is 48.3 Å². The van der Waals surface area contributed by atoms with Crippen LogP contribution in [0.1, 0.15) is 56.6 Å². The molecule has 13 rings (SSSR count). The predicted molar refractivity (Wildman–Crippen MR) is 382 cm³/mol. The Balaban J connectivity index is 0.000000432. The molecule has 7 N–H and O–H groups in total. The van der Waals surface area contributed by atoms with E-state index in [0.29, 0.717) is 12.0 Å². The SMILES string of the molecule is Cc1cc[n+](-c2ccc(C(=O)O)cc2)c2ccccc12.Cc1cc[n+](/C=C/C(=O)O)c2ccccc12.Cc1cc[n+](CC(=O)C(=O)O)c2ccccc12.Cc1cc[n+](CC(=O)NO)c2ccccc12.Cc1cc[n+](CC(=O)O)c2ccccc12.Cc1cc[n+](CCCC(=O)O)c2ccccc12.[Y].[Y].[Y].[Y].[Y].[Y]. The first kappa shape index (κ1) is 96.9. The monoisotopic (exact) mass is 1890 g/mol. The van der Waals surface area contributed by atoms with E-state index < -0.39 is 41.5 Å². The molecule has 0 fully saturated rings. The maximum Gasteiger partial charge on any atom is 0.379 e. The van der Waals surface area contributed by atoms with E-state index in [2.05, 4.69) is 59.4 Å². The number of hydroxylamine groups is 1. The van der Waals surface area contributed by atoms with Crippen molar-refractivity contribution in [2.75, 3.05) is 0 Å². The molecular formula is C81H79N7O13Y6+6. The van der Waals surface area contributed by atoms with Crippen molar-refractivity contribution in [1.82, 2.24) is 5.48 Å². The normalized spacial score (nSPS) is 10.0. The summed E-state index contributed by atoms with van der Waals surface area (Å²) in [7, 11) is 0. The Kier molecular flexibility index (Phi) is 43.9. The number of nitrogens with zero attached hydrogens (tertiary/aromatic N) is 6.